The van der Waals surface area contributed by atoms with Gasteiger partial charge in [-0.25, -0.2) is 4.98 Å². The van der Waals surface area contributed by atoms with Crippen molar-refractivity contribution in [3.05, 3.63) is 58.1 Å². The molecular formula is C17H14N4O3S. The number of nitrogens with one attached hydrogen (secondary N) is 1. The zero-order valence-corrected chi connectivity index (χ0v) is 14.0. The number of nitro benzene ring substituents is 1. The highest BCUT2D eigenvalue weighted by atomic mass is 32.2. The average molecular weight is 354 g/mol. The summed E-state index contributed by atoms with van der Waals surface area (Å²) >= 11 is 1.36. The standard InChI is InChI=1S/C17H14N4O3S/c22-16(10-25-17-18-13-3-1-2-4-14(13)19-17)20-8-7-11-9-12(21(23)24)5-6-15(11)20/h1-6,9H,7-8,10H2,(H,18,19). The summed E-state index contributed by atoms with van der Waals surface area (Å²) in [5.41, 5.74) is 3.48. The van der Waals surface area contributed by atoms with E-state index in [1.807, 2.05) is 24.3 Å². The van der Waals surface area contributed by atoms with Gasteiger partial charge in [0.25, 0.3) is 5.69 Å². The molecule has 0 fully saturated rings. The van der Waals surface area contributed by atoms with Crippen LogP contribution in [-0.4, -0.2) is 33.1 Å². The summed E-state index contributed by atoms with van der Waals surface area (Å²) < 4.78 is 0. The Kier molecular flexibility index (Phi) is 3.89. The molecule has 1 amide bonds. The molecule has 0 radical (unpaired) electrons. The maximum Gasteiger partial charge on any atom is 0.269 e. The Labute approximate surface area is 147 Å². The van der Waals surface area contributed by atoms with Gasteiger partial charge in [0.15, 0.2) is 5.16 Å². The van der Waals surface area contributed by atoms with Crippen LogP contribution in [0.5, 0.6) is 0 Å². The number of aromatic amines is 1. The number of carbonyl (C=O) groups is 1. The number of amides is 1. The number of anilines is 1. The summed E-state index contributed by atoms with van der Waals surface area (Å²) in [6.45, 7) is 0.552. The van der Waals surface area contributed by atoms with Gasteiger partial charge < -0.3 is 9.88 Å². The minimum Gasteiger partial charge on any atom is -0.333 e. The number of benzene rings is 2. The molecule has 1 N–H and O–H groups in total. The number of thioether (sulfide) groups is 1. The van der Waals surface area contributed by atoms with Gasteiger partial charge in [-0.1, -0.05) is 23.9 Å². The van der Waals surface area contributed by atoms with Crippen LogP contribution in [0.4, 0.5) is 11.4 Å². The van der Waals surface area contributed by atoms with E-state index in [0.29, 0.717) is 18.1 Å². The zero-order valence-electron chi connectivity index (χ0n) is 13.1. The number of imidazole rings is 1. The van der Waals surface area contributed by atoms with Crippen LogP contribution >= 0.6 is 11.8 Å². The Morgan fingerprint density at radius 3 is 2.96 bits per heavy atom. The third-order valence-electron chi connectivity index (χ3n) is 4.17. The van der Waals surface area contributed by atoms with Crippen LogP contribution in [-0.2, 0) is 11.2 Å². The molecule has 126 valence electrons. The predicted octanol–water partition coefficient (Wildman–Crippen LogP) is 3.15. The normalized spacial score (nSPS) is 13.2. The number of hydrogen-bond donors (Lipinski definition) is 1. The third kappa shape index (κ3) is 2.96. The largest absolute Gasteiger partial charge is 0.333 e. The van der Waals surface area contributed by atoms with Crippen LogP contribution in [0.1, 0.15) is 5.56 Å². The fourth-order valence-corrected chi connectivity index (χ4v) is 3.73. The van der Waals surface area contributed by atoms with E-state index < -0.39 is 4.92 Å². The maximum atomic E-state index is 12.5. The second kappa shape index (κ2) is 6.21. The van der Waals surface area contributed by atoms with E-state index in [1.54, 1.807) is 17.0 Å². The predicted molar refractivity (Wildman–Crippen MR) is 96.0 cm³/mol. The van der Waals surface area contributed by atoms with Crippen LogP contribution in [0.15, 0.2) is 47.6 Å². The van der Waals surface area contributed by atoms with Gasteiger partial charge in [-0.2, -0.15) is 0 Å². The van der Waals surface area contributed by atoms with Gasteiger partial charge in [0, 0.05) is 24.4 Å². The van der Waals surface area contributed by atoms with Crippen molar-refractivity contribution in [2.75, 3.05) is 17.2 Å². The van der Waals surface area contributed by atoms with E-state index in [1.165, 1.54) is 17.8 Å². The van der Waals surface area contributed by atoms with Gasteiger partial charge in [0.1, 0.15) is 0 Å². The highest BCUT2D eigenvalue weighted by Gasteiger charge is 2.26. The lowest BCUT2D eigenvalue weighted by molar-refractivity contribution is -0.384. The van der Waals surface area contributed by atoms with Gasteiger partial charge in [-0.05, 0) is 30.2 Å². The molecule has 0 spiro atoms. The van der Waals surface area contributed by atoms with Crippen molar-refractivity contribution in [3.8, 4) is 0 Å². The highest BCUT2D eigenvalue weighted by molar-refractivity contribution is 7.99. The van der Waals surface area contributed by atoms with Gasteiger partial charge in [-0.15, -0.1) is 0 Å². The lowest BCUT2D eigenvalue weighted by atomic mass is 10.1. The molecule has 1 aliphatic rings. The van der Waals surface area contributed by atoms with Crippen molar-refractivity contribution in [2.24, 2.45) is 0 Å². The summed E-state index contributed by atoms with van der Waals surface area (Å²) in [6, 6.07) is 12.4. The first-order valence-electron chi connectivity index (χ1n) is 7.77. The summed E-state index contributed by atoms with van der Waals surface area (Å²) in [6.07, 6.45) is 0.637. The van der Waals surface area contributed by atoms with Gasteiger partial charge in [0.2, 0.25) is 5.91 Å². The minimum atomic E-state index is -0.414. The molecule has 0 aliphatic carbocycles. The van der Waals surface area contributed by atoms with E-state index >= 15 is 0 Å². The number of hydrogen-bond acceptors (Lipinski definition) is 5. The smallest absolute Gasteiger partial charge is 0.269 e. The number of rotatable bonds is 4. The van der Waals surface area contributed by atoms with Crippen molar-refractivity contribution in [3.63, 3.8) is 0 Å². The molecule has 1 aliphatic heterocycles. The van der Waals surface area contributed by atoms with Crippen molar-refractivity contribution in [1.29, 1.82) is 0 Å². The monoisotopic (exact) mass is 354 g/mol. The average Bonchev–Trinajstić information content (AvgIpc) is 3.22. The first-order chi connectivity index (χ1) is 12.1. The molecule has 0 bridgehead atoms. The quantitative estimate of drug-likeness (QED) is 0.441. The Hall–Kier alpha value is -2.87. The molecule has 25 heavy (non-hydrogen) atoms. The van der Waals surface area contributed by atoms with Crippen molar-refractivity contribution >= 4 is 40.1 Å². The topological polar surface area (TPSA) is 92.1 Å². The Bertz CT molecular complexity index is 952. The van der Waals surface area contributed by atoms with Crippen LogP contribution in [0.25, 0.3) is 11.0 Å². The number of aromatic nitrogens is 2. The molecule has 4 rings (SSSR count). The lowest BCUT2D eigenvalue weighted by Gasteiger charge is -2.16. The molecule has 2 aromatic carbocycles. The van der Waals surface area contributed by atoms with E-state index in [-0.39, 0.29) is 17.3 Å². The number of fused-ring (bicyclic) bond motifs is 2. The van der Waals surface area contributed by atoms with Crippen LogP contribution < -0.4 is 4.90 Å². The first-order valence-corrected chi connectivity index (χ1v) is 8.75. The molecule has 0 atom stereocenters. The van der Waals surface area contributed by atoms with E-state index in [9.17, 15) is 14.9 Å². The van der Waals surface area contributed by atoms with Crippen molar-refractivity contribution in [2.45, 2.75) is 11.6 Å². The van der Waals surface area contributed by atoms with Crippen LogP contribution in [0.3, 0.4) is 0 Å². The Balaban J connectivity index is 1.47. The number of nitrogens with zero attached hydrogens (tertiary/aromatic N) is 3. The van der Waals surface area contributed by atoms with Crippen molar-refractivity contribution < 1.29 is 9.72 Å². The van der Waals surface area contributed by atoms with E-state index in [4.69, 9.17) is 0 Å². The number of non-ortho nitro benzene ring substituents is 1. The third-order valence-corrected chi connectivity index (χ3v) is 5.03. The SMILES string of the molecule is O=C(CSc1nc2ccccc2[nH]1)N1CCc2cc([N+](=O)[O-])ccc21. The second-order valence-corrected chi connectivity index (χ2v) is 6.68. The molecular weight excluding hydrogens is 340 g/mol. The number of H-pyrrole nitrogens is 1. The summed E-state index contributed by atoms with van der Waals surface area (Å²) in [4.78, 5) is 32.3. The maximum absolute atomic E-state index is 12.5. The molecule has 0 saturated carbocycles. The number of nitro groups is 1. The molecule has 8 heteroatoms. The summed E-state index contributed by atoms with van der Waals surface area (Å²) in [7, 11) is 0. The fourth-order valence-electron chi connectivity index (χ4n) is 2.97. The zero-order chi connectivity index (χ0) is 17.4. The molecule has 2 heterocycles. The molecule has 3 aromatic rings. The van der Waals surface area contributed by atoms with Gasteiger partial charge in [0.05, 0.1) is 21.7 Å². The van der Waals surface area contributed by atoms with Crippen LogP contribution in [0, 0.1) is 10.1 Å². The second-order valence-electron chi connectivity index (χ2n) is 5.71. The lowest BCUT2D eigenvalue weighted by Crippen LogP contribution is -2.30. The summed E-state index contributed by atoms with van der Waals surface area (Å²) in [5, 5.41) is 11.6. The Morgan fingerprint density at radius 1 is 1.32 bits per heavy atom. The molecule has 1 aromatic heterocycles. The molecule has 7 nitrogen and oxygen atoms in total. The molecule has 0 saturated heterocycles. The van der Waals surface area contributed by atoms with E-state index in [2.05, 4.69) is 9.97 Å². The van der Waals surface area contributed by atoms with Gasteiger partial charge >= 0.3 is 0 Å². The minimum absolute atomic E-state index is 0.0296. The summed E-state index contributed by atoms with van der Waals surface area (Å²) in [5.74, 6) is 0.231. The number of carbonyl (C=O) groups excluding carboxylic acids is 1. The molecule has 0 unspecified atom stereocenters. The van der Waals surface area contributed by atoms with Crippen LogP contribution in [0.2, 0.25) is 0 Å². The number of para-hydroxylation sites is 2. The fraction of sp³-hybridized carbons (Fsp3) is 0.176. The van der Waals surface area contributed by atoms with E-state index in [0.717, 1.165) is 22.3 Å². The van der Waals surface area contributed by atoms with Crippen molar-refractivity contribution in [1.82, 2.24) is 9.97 Å². The Morgan fingerprint density at radius 2 is 2.16 bits per heavy atom. The first kappa shape index (κ1) is 15.6. The van der Waals surface area contributed by atoms with Gasteiger partial charge in [-0.3, -0.25) is 14.9 Å². The highest BCUT2D eigenvalue weighted by Crippen LogP contribution is 2.32.